The van der Waals surface area contributed by atoms with Crippen LogP contribution in [0.1, 0.15) is 43.7 Å². The number of morpholine rings is 1. The number of thiophene rings is 1. The van der Waals surface area contributed by atoms with E-state index < -0.39 is 5.54 Å². The van der Waals surface area contributed by atoms with Crippen molar-refractivity contribution < 1.29 is 14.3 Å². The predicted octanol–water partition coefficient (Wildman–Crippen LogP) is 4.22. The number of carbonyl (C=O) groups is 2. The topological polar surface area (TPSA) is 77.5 Å². The number of rotatable bonds is 7. The number of nitrogens with one attached hydrogen (secondary N) is 1. The highest BCUT2D eigenvalue weighted by Crippen LogP contribution is 2.37. The molecule has 0 saturated carbocycles. The van der Waals surface area contributed by atoms with E-state index in [4.69, 9.17) is 21.4 Å². The molecule has 36 heavy (non-hydrogen) atoms. The number of amides is 3. The number of hydrazone groups is 1. The molecule has 194 valence electrons. The van der Waals surface area contributed by atoms with E-state index in [2.05, 4.69) is 10.2 Å². The lowest BCUT2D eigenvalue weighted by Gasteiger charge is -2.33. The molecule has 1 aromatic carbocycles. The smallest absolute Gasteiger partial charge is 0.318 e. The Morgan fingerprint density at radius 1 is 1.19 bits per heavy atom. The minimum atomic E-state index is -0.421. The molecule has 10 heteroatoms. The highest BCUT2D eigenvalue weighted by molar-refractivity contribution is 7.12. The molecule has 1 N–H and O–H groups in total. The Hall–Kier alpha value is -2.46. The van der Waals surface area contributed by atoms with Crippen molar-refractivity contribution in [2.45, 2.75) is 38.8 Å². The summed E-state index contributed by atoms with van der Waals surface area (Å²) in [7, 11) is 0. The molecule has 3 heterocycles. The molecule has 0 aliphatic carbocycles. The molecule has 1 atom stereocenters. The number of halogens is 1. The van der Waals surface area contributed by atoms with Gasteiger partial charge >= 0.3 is 6.03 Å². The fourth-order valence-corrected chi connectivity index (χ4v) is 5.28. The molecule has 1 saturated heterocycles. The van der Waals surface area contributed by atoms with Crippen molar-refractivity contribution in [1.82, 2.24) is 20.1 Å². The Labute approximate surface area is 221 Å². The minimum Gasteiger partial charge on any atom is -0.379 e. The van der Waals surface area contributed by atoms with Gasteiger partial charge in [-0.2, -0.15) is 5.10 Å². The molecule has 0 bridgehead atoms. The standard InChI is InChI=1S/C26H34ClN5O3S/c1-26(2,3)28-25(34)31(11-10-30-12-14-35-15-13-30)18-24(33)32-22(19-7-4-5-8-20(19)27)17-21(29-32)23-9-6-16-36-23/h4-9,16,22H,10-15,17-18H2,1-3H3,(H,28,34)/t22-/m1/s1. The summed E-state index contributed by atoms with van der Waals surface area (Å²) < 4.78 is 5.44. The first-order chi connectivity index (χ1) is 17.2. The van der Waals surface area contributed by atoms with Crippen LogP contribution in [-0.4, -0.2) is 83.9 Å². The van der Waals surface area contributed by atoms with Crippen LogP contribution in [0.2, 0.25) is 5.02 Å². The summed E-state index contributed by atoms with van der Waals surface area (Å²) in [5.41, 5.74) is 1.28. The van der Waals surface area contributed by atoms with Crippen LogP contribution in [-0.2, 0) is 9.53 Å². The van der Waals surface area contributed by atoms with E-state index in [1.807, 2.05) is 62.5 Å². The van der Waals surface area contributed by atoms with Crippen LogP contribution in [0.25, 0.3) is 0 Å². The van der Waals surface area contributed by atoms with E-state index >= 15 is 0 Å². The zero-order chi connectivity index (χ0) is 25.7. The van der Waals surface area contributed by atoms with Crippen molar-refractivity contribution in [1.29, 1.82) is 0 Å². The number of hydrogen-bond donors (Lipinski definition) is 1. The van der Waals surface area contributed by atoms with Gasteiger partial charge in [-0.3, -0.25) is 9.69 Å². The lowest BCUT2D eigenvalue weighted by Crippen LogP contribution is -2.53. The molecule has 0 unspecified atom stereocenters. The fraction of sp³-hybridized carbons (Fsp3) is 0.500. The molecule has 8 nitrogen and oxygen atoms in total. The van der Waals surface area contributed by atoms with Crippen molar-refractivity contribution in [3.63, 3.8) is 0 Å². The Kier molecular flexibility index (Phi) is 8.66. The summed E-state index contributed by atoms with van der Waals surface area (Å²) in [5, 5.41) is 11.8. The molecular formula is C26H34ClN5O3S. The van der Waals surface area contributed by atoms with E-state index in [-0.39, 0.29) is 24.5 Å². The van der Waals surface area contributed by atoms with E-state index in [0.717, 1.165) is 29.2 Å². The fourth-order valence-electron chi connectivity index (χ4n) is 4.29. The number of ether oxygens (including phenoxy) is 1. The molecule has 0 spiro atoms. The van der Waals surface area contributed by atoms with Gasteiger partial charge in [0.05, 0.1) is 29.8 Å². The number of urea groups is 1. The SMILES string of the molecule is CC(C)(C)NC(=O)N(CCN1CCOCC1)CC(=O)N1N=C(c2cccs2)C[C@@H]1c1ccccc1Cl. The van der Waals surface area contributed by atoms with Gasteiger partial charge in [0.1, 0.15) is 6.54 Å². The first kappa shape index (κ1) is 26.6. The van der Waals surface area contributed by atoms with E-state index in [1.54, 1.807) is 16.2 Å². The first-order valence-corrected chi connectivity index (χ1v) is 13.5. The average Bonchev–Trinajstić information content (AvgIpc) is 3.52. The molecule has 2 aliphatic rings. The van der Waals surface area contributed by atoms with Crippen molar-refractivity contribution >= 4 is 40.6 Å². The molecule has 3 amide bonds. The Morgan fingerprint density at radius 2 is 1.94 bits per heavy atom. The zero-order valence-electron chi connectivity index (χ0n) is 21.1. The normalized spacial score (nSPS) is 18.7. The van der Waals surface area contributed by atoms with Crippen LogP contribution in [0.5, 0.6) is 0 Å². The second kappa shape index (κ2) is 11.7. The van der Waals surface area contributed by atoms with Crippen molar-refractivity contribution in [2.24, 2.45) is 5.10 Å². The monoisotopic (exact) mass is 531 g/mol. The summed E-state index contributed by atoms with van der Waals surface area (Å²) in [6, 6.07) is 10.9. The van der Waals surface area contributed by atoms with Crippen molar-refractivity contribution in [3.05, 3.63) is 57.2 Å². The number of carbonyl (C=O) groups excluding carboxylic acids is 2. The lowest BCUT2D eigenvalue weighted by molar-refractivity contribution is -0.133. The van der Waals surface area contributed by atoms with Gasteiger partial charge in [0.15, 0.2) is 0 Å². The second-order valence-electron chi connectivity index (χ2n) is 10.1. The van der Waals surface area contributed by atoms with Crippen LogP contribution in [0, 0.1) is 0 Å². The van der Waals surface area contributed by atoms with Gasteiger partial charge in [-0.1, -0.05) is 35.9 Å². The maximum absolute atomic E-state index is 13.7. The molecule has 2 aliphatic heterocycles. The second-order valence-corrected chi connectivity index (χ2v) is 11.4. The van der Waals surface area contributed by atoms with Crippen LogP contribution in [0.4, 0.5) is 4.79 Å². The Bertz CT molecular complexity index is 1080. The van der Waals surface area contributed by atoms with Crippen molar-refractivity contribution in [2.75, 3.05) is 45.9 Å². The first-order valence-electron chi connectivity index (χ1n) is 12.3. The highest BCUT2D eigenvalue weighted by atomic mass is 35.5. The summed E-state index contributed by atoms with van der Waals surface area (Å²) in [6.07, 6.45) is 0.567. The van der Waals surface area contributed by atoms with Gasteiger partial charge in [0.2, 0.25) is 0 Å². The average molecular weight is 532 g/mol. The Morgan fingerprint density at radius 3 is 2.61 bits per heavy atom. The summed E-state index contributed by atoms with van der Waals surface area (Å²) >= 11 is 8.13. The molecule has 2 aromatic rings. The van der Waals surface area contributed by atoms with Gasteiger partial charge in [0, 0.05) is 43.2 Å². The third-order valence-electron chi connectivity index (χ3n) is 6.12. The molecular weight excluding hydrogens is 498 g/mol. The largest absolute Gasteiger partial charge is 0.379 e. The minimum absolute atomic E-state index is 0.0750. The van der Waals surface area contributed by atoms with Gasteiger partial charge in [-0.15, -0.1) is 11.3 Å². The summed E-state index contributed by atoms with van der Waals surface area (Å²) in [4.78, 5) is 31.8. The number of benzene rings is 1. The quantitative estimate of drug-likeness (QED) is 0.580. The predicted molar refractivity (Wildman–Crippen MR) is 144 cm³/mol. The van der Waals surface area contributed by atoms with Crippen LogP contribution < -0.4 is 5.32 Å². The van der Waals surface area contributed by atoms with Gasteiger partial charge in [-0.05, 0) is 43.8 Å². The maximum Gasteiger partial charge on any atom is 0.318 e. The third kappa shape index (κ3) is 6.85. The van der Waals surface area contributed by atoms with E-state index in [9.17, 15) is 9.59 Å². The van der Waals surface area contributed by atoms with Crippen LogP contribution >= 0.6 is 22.9 Å². The Balaban J connectivity index is 1.55. The molecule has 1 aromatic heterocycles. The van der Waals surface area contributed by atoms with Gasteiger partial charge < -0.3 is 15.0 Å². The van der Waals surface area contributed by atoms with E-state index in [0.29, 0.717) is 37.7 Å². The van der Waals surface area contributed by atoms with E-state index in [1.165, 1.54) is 5.01 Å². The van der Waals surface area contributed by atoms with Gasteiger partial charge in [0.25, 0.3) is 5.91 Å². The highest BCUT2D eigenvalue weighted by Gasteiger charge is 2.36. The molecule has 0 radical (unpaired) electrons. The number of nitrogens with zero attached hydrogens (tertiary/aromatic N) is 4. The summed E-state index contributed by atoms with van der Waals surface area (Å²) in [5.74, 6) is -0.238. The molecule has 4 rings (SSSR count). The number of hydrogen-bond acceptors (Lipinski definition) is 6. The van der Waals surface area contributed by atoms with Crippen molar-refractivity contribution in [3.8, 4) is 0 Å². The van der Waals surface area contributed by atoms with Crippen LogP contribution in [0.15, 0.2) is 46.9 Å². The maximum atomic E-state index is 13.7. The lowest BCUT2D eigenvalue weighted by atomic mass is 10.0. The molecule has 1 fully saturated rings. The van der Waals surface area contributed by atoms with Gasteiger partial charge in [-0.25, -0.2) is 9.80 Å². The third-order valence-corrected chi connectivity index (χ3v) is 7.38. The van der Waals surface area contributed by atoms with Crippen LogP contribution in [0.3, 0.4) is 0 Å². The summed E-state index contributed by atoms with van der Waals surface area (Å²) in [6.45, 7) is 9.81. The zero-order valence-corrected chi connectivity index (χ0v) is 22.6.